The van der Waals surface area contributed by atoms with Crippen LogP contribution >= 0.6 is 0 Å². The van der Waals surface area contributed by atoms with E-state index in [4.69, 9.17) is 9.73 Å². The Morgan fingerprint density at radius 1 is 0.969 bits per heavy atom. The van der Waals surface area contributed by atoms with Crippen LogP contribution in [0.25, 0.3) is 11.1 Å². The normalized spacial score (nSPS) is 18.5. The highest BCUT2D eigenvalue weighted by atomic mass is 19.4. The van der Waals surface area contributed by atoms with E-state index < -0.39 is 11.7 Å². The summed E-state index contributed by atoms with van der Waals surface area (Å²) in [6.07, 6.45) is -1.54. The molecule has 2 aliphatic rings. The van der Waals surface area contributed by atoms with Crippen LogP contribution in [0.5, 0.6) is 5.75 Å². The number of hydrogen-bond acceptors (Lipinski definition) is 4. The number of ether oxygens (including phenoxy) is 1. The second kappa shape index (κ2) is 8.30. The maximum absolute atomic E-state index is 12.9. The summed E-state index contributed by atoms with van der Waals surface area (Å²) in [5, 5.41) is 0. The lowest BCUT2D eigenvalue weighted by molar-refractivity contribution is -0.137. The monoisotopic (exact) mass is 437 g/mol. The van der Waals surface area contributed by atoms with Gasteiger partial charge in [0.05, 0.1) is 17.7 Å². The van der Waals surface area contributed by atoms with Gasteiger partial charge in [-0.05, 0) is 53.9 Å². The van der Waals surface area contributed by atoms with Crippen molar-refractivity contribution in [3.05, 3.63) is 83.7 Å². The van der Waals surface area contributed by atoms with Gasteiger partial charge in [-0.3, -0.25) is 9.98 Å². The molecule has 4 nitrogen and oxygen atoms in total. The summed E-state index contributed by atoms with van der Waals surface area (Å²) in [7, 11) is 0. The highest BCUT2D eigenvalue weighted by Crippen LogP contribution is 2.34. The summed E-state index contributed by atoms with van der Waals surface area (Å²) in [6.45, 7) is 2.74. The fourth-order valence-corrected chi connectivity index (χ4v) is 4.34. The van der Waals surface area contributed by atoms with Gasteiger partial charge in [-0.2, -0.15) is 13.2 Å². The van der Waals surface area contributed by atoms with E-state index >= 15 is 0 Å². The van der Waals surface area contributed by atoms with E-state index in [2.05, 4.69) is 16.0 Å². The Kier molecular flexibility index (Phi) is 5.33. The van der Waals surface area contributed by atoms with Crippen LogP contribution in [0.1, 0.15) is 29.2 Å². The van der Waals surface area contributed by atoms with E-state index in [0.717, 1.165) is 65.6 Å². The number of likely N-dealkylation sites (tertiary alicyclic amines) is 1. The van der Waals surface area contributed by atoms with Crippen LogP contribution in [0.15, 0.2) is 71.9 Å². The molecule has 164 valence electrons. The number of hydrogen-bond donors (Lipinski definition) is 0. The maximum Gasteiger partial charge on any atom is 0.416 e. The first-order valence-corrected chi connectivity index (χ1v) is 10.6. The van der Waals surface area contributed by atoms with Crippen LogP contribution in [0.2, 0.25) is 0 Å². The lowest BCUT2D eigenvalue weighted by Crippen LogP contribution is -2.29. The number of alkyl halides is 3. The van der Waals surface area contributed by atoms with Crippen LogP contribution in [0.4, 0.5) is 13.2 Å². The number of benzene rings is 2. The van der Waals surface area contributed by atoms with E-state index in [1.54, 1.807) is 0 Å². The highest BCUT2D eigenvalue weighted by molar-refractivity contribution is 6.02. The Labute approximate surface area is 184 Å². The van der Waals surface area contributed by atoms with Gasteiger partial charge in [-0.1, -0.05) is 24.3 Å². The average Bonchev–Trinajstić information content (AvgIpc) is 3.20. The van der Waals surface area contributed by atoms with E-state index in [-0.39, 0.29) is 0 Å². The molecule has 7 heteroatoms. The molecule has 3 heterocycles. The van der Waals surface area contributed by atoms with Crippen LogP contribution in [-0.4, -0.2) is 42.0 Å². The van der Waals surface area contributed by atoms with Crippen molar-refractivity contribution in [3.8, 4) is 16.9 Å². The van der Waals surface area contributed by atoms with Gasteiger partial charge < -0.3 is 9.64 Å². The largest absolute Gasteiger partial charge is 0.491 e. The Morgan fingerprint density at radius 3 is 2.53 bits per heavy atom. The predicted octanol–water partition coefficient (Wildman–Crippen LogP) is 5.40. The molecule has 0 N–H and O–H groups in total. The van der Waals surface area contributed by atoms with E-state index in [9.17, 15) is 13.2 Å². The van der Waals surface area contributed by atoms with Crippen molar-refractivity contribution in [2.45, 2.75) is 18.5 Å². The number of nitrogens with zero attached hydrogens (tertiary/aromatic N) is 3. The van der Waals surface area contributed by atoms with Crippen molar-refractivity contribution in [1.82, 2.24) is 9.88 Å². The van der Waals surface area contributed by atoms with Gasteiger partial charge in [0.25, 0.3) is 0 Å². The zero-order chi connectivity index (χ0) is 22.1. The SMILES string of the molecule is FC(F)(F)c1ccc(-c2ccc3c(c2)C(N2CCC(c4ccccn4)C2)=NCCO3)cc1. The minimum Gasteiger partial charge on any atom is -0.491 e. The number of aromatic nitrogens is 1. The van der Waals surface area contributed by atoms with Gasteiger partial charge in [0.15, 0.2) is 0 Å². The molecule has 0 radical (unpaired) electrons. The molecule has 0 amide bonds. The summed E-state index contributed by atoms with van der Waals surface area (Å²) in [4.78, 5) is 11.6. The molecule has 0 spiro atoms. The molecular weight excluding hydrogens is 415 g/mol. The van der Waals surface area contributed by atoms with Gasteiger partial charge in [-0.25, -0.2) is 0 Å². The Balaban J connectivity index is 1.45. The van der Waals surface area contributed by atoms with Gasteiger partial charge in [-0.15, -0.1) is 0 Å². The third-order valence-electron chi connectivity index (χ3n) is 5.97. The van der Waals surface area contributed by atoms with Gasteiger partial charge >= 0.3 is 6.18 Å². The quantitative estimate of drug-likeness (QED) is 0.539. The molecule has 1 saturated heterocycles. The molecular formula is C25H22F3N3O. The second-order valence-corrected chi connectivity index (χ2v) is 8.03. The minimum absolute atomic E-state index is 0.338. The molecule has 1 aromatic heterocycles. The molecule has 0 bridgehead atoms. The first-order chi connectivity index (χ1) is 15.5. The average molecular weight is 437 g/mol. The predicted molar refractivity (Wildman–Crippen MR) is 117 cm³/mol. The molecule has 3 aromatic rings. The Hall–Kier alpha value is -3.35. The summed E-state index contributed by atoms with van der Waals surface area (Å²) in [5.41, 5.74) is 2.85. The van der Waals surface area contributed by atoms with Gasteiger partial charge in [0.2, 0.25) is 0 Å². The molecule has 32 heavy (non-hydrogen) atoms. The molecule has 2 aromatic carbocycles. The van der Waals surface area contributed by atoms with Crippen LogP contribution in [-0.2, 0) is 6.18 Å². The van der Waals surface area contributed by atoms with Gasteiger partial charge in [0, 0.05) is 30.9 Å². The van der Waals surface area contributed by atoms with Gasteiger partial charge in [0.1, 0.15) is 18.2 Å². The van der Waals surface area contributed by atoms with Crippen molar-refractivity contribution in [2.24, 2.45) is 4.99 Å². The van der Waals surface area contributed by atoms with Crippen molar-refractivity contribution in [1.29, 1.82) is 0 Å². The zero-order valence-corrected chi connectivity index (χ0v) is 17.3. The molecule has 1 unspecified atom stereocenters. The Morgan fingerprint density at radius 2 is 1.78 bits per heavy atom. The molecule has 0 saturated carbocycles. The topological polar surface area (TPSA) is 37.7 Å². The van der Waals surface area contributed by atoms with Crippen LogP contribution in [0.3, 0.4) is 0 Å². The third-order valence-corrected chi connectivity index (χ3v) is 5.97. The van der Waals surface area contributed by atoms with Crippen molar-refractivity contribution < 1.29 is 17.9 Å². The van der Waals surface area contributed by atoms with Crippen molar-refractivity contribution in [2.75, 3.05) is 26.2 Å². The number of fused-ring (bicyclic) bond motifs is 1. The number of amidine groups is 1. The van der Waals surface area contributed by atoms with Crippen molar-refractivity contribution in [3.63, 3.8) is 0 Å². The molecule has 1 fully saturated rings. The highest BCUT2D eigenvalue weighted by Gasteiger charge is 2.31. The van der Waals surface area contributed by atoms with Crippen LogP contribution in [0, 0.1) is 0 Å². The van der Waals surface area contributed by atoms with E-state index in [0.29, 0.717) is 19.1 Å². The fraction of sp³-hybridized carbons (Fsp3) is 0.280. The maximum atomic E-state index is 12.9. The third kappa shape index (κ3) is 4.07. The first kappa shape index (κ1) is 20.5. The number of halogens is 3. The lowest BCUT2D eigenvalue weighted by Gasteiger charge is -2.22. The number of rotatable bonds is 2. The minimum atomic E-state index is -4.35. The molecule has 2 aliphatic heterocycles. The number of pyridine rings is 1. The van der Waals surface area contributed by atoms with E-state index in [1.807, 2.05) is 36.5 Å². The molecule has 0 aliphatic carbocycles. The van der Waals surface area contributed by atoms with Crippen molar-refractivity contribution >= 4 is 5.84 Å². The molecule has 1 atom stereocenters. The summed E-state index contributed by atoms with van der Waals surface area (Å²) in [6, 6.07) is 17.0. The first-order valence-electron chi connectivity index (χ1n) is 10.6. The fourth-order valence-electron chi connectivity index (χ4n) is 4.34. The summed E-state index contributed by atoms with van der Waals surface area (Å²) >= 11 is 0. The number of aliphatic imine (C=N–C) groups is 1. The van der Waals surface area contributed by atoms with Crippen LogP contribution < -0.4 is 4.74 Å². The Bertz CT molecular complexity index is 1130. The zero-order valence-electron chi connectivity index (χ0n) is 17.3. The summed E-state index contributed by atoms with van der Waals surface area (Å²) in [5.74, 6) is 1.97. The smallest absolute Gasteiger partial charge is 0.416 e. The summed E-state index contributed by atoms with van der Waals surface area (Å²) < 4.78 is 44.7. The lowest BCUT2D eigenvalue weighted by atomic mass is 10.00. The van der Waals surface area contributed by atoms with E-state index in [1.165, 1.54) is 12.1 Å². The standard InChI is InChI=1S/C25H22F3N3O/c26-25(27,28)20-7-4-17(5-8-20)18-6-9-23-21(15-18)24(30-12-14-32-23)31-13-10-19(16-31)22-3-1-2-11-29-22/h1-9,11,15,19H,10,12-14,16H2. The second-order valence-electron chi connectivity index (χ2n) is 8.03. The molecule has 5 rings (SSSR count).